The van der Waals surface area contributed by atoms with Gasteiger partial charge in [-0.15, -0.1) is 0 Å². The number of anilines is 3. The molecule has 1 aliphatic rings. The van der Waals surface area contributed by atoms with Crippen molar-refractivity contribution in [3.63, 3.8) is 0 Å². The van der Waals surface area contributed by atoms with E-state index in [2.05, 4.69) is 27.5 Å². The summed E-state index contributed by atoms with van der Waals surface area (Å²) in [5.41, 5.74) is 5.05. The van der Waals surface area contributed by atoms with Crippen LogP contribution in [-0.2, 0) is 22.7 Å². The van der Waals surface area contributed by atoms with Gasteiger partial charge in [0.1, 0.15) is 5.75 Å². The molecule has 4 aromatic rings. The van der Waals surface area contributed by atoms with E-state index in [1.807, 2.05) is 66.7 Å². The Morgan fingerprint density at radius 2 is 1.93 bits per heavy atom. The summed E-state index contributed by atoms with van der Waals surface area (Å²) in [4.78, 5) is 33.8. The lowest BCUT2D eigenvalue weighted by atomic mass is 10.1. The molecule has 1 aliphatic heterocycles. The first kappa shape index (κ1) is 28.3. The zero-order valence-electron chi connectivity index (χ0n) is 23.0. The lowest BCUT2D eigenvalue weighted by Gasteiger charge is -2.13. The summed E-state index contributed by atoms with van der Waals surface area (Å²) >= 11 is 0. The number of nitrogens with one attached hydrogen (secondary N) is 3. The van der Waals surface area contributed by atoms with Crippen LogP contribution in [0.2, 0.25) is 0 Å². The van der Waals surface area contributed by atoms with Gasteiger partial charge in [-0.25, -0.2) is 9.97 Å². The Labute approximate surface area is 244 Å². The molecule has 3 N–H and O–H groups in total. The summed E-state index contributed by atoms with van der Waals surface area (Å²) in [7, 11) is 0. The maximum Gasteiger partial charge on any atom is 0.255 e. The fourth-order valence-electron chi connectivity index (χ4n) is 4.34. The molecule has 212 valence electrons. The molecule has 0 radical (unpaired) electrons. The molecule has 0 atom stereocenters. The first-order valence-corrected chi connectivity index (χ1v) is 13.6. The number of carbonyl (C=O) groups excluding carboxylic acids is 2. The lowest BCUT2D eigenvalue weighted by Crippen LogP contribution is -2.20. The second kappa shape index (κ2) is 13.9. The van der Waals surface area contributed by atoms with Crippen molar-refractivity contribution in [2.75, 3.05) is 23.8 Å². The van der Waals surface area contributed by atoms with Gasteiger partial charge in [-0.1, -0.05) is 43.0 Å². The standard InChI is InChI=1S/C33H31N5O4/c1-2-31(39)35-21-23-8-6-10-26(16-23)32(40)36-27-17-24-18-28(20-27)37-33-34-13-12-30(38-33)25-9-7-11-29(19-25)42-15-5-3-4-14-41-22-24/h2-4,6-13,16-20H,1,5,14-15,21-22H2,(H,35,39)(H,36,40)(H,34,37,38)/b4-3+. The summed E-state index contributed by atoms with van der Waals surface area (Å²) in [6.45, 7) is 5.07. The highest BCUT2D eigenvalue weighted by Crippen LogP contribution is 2.26. The number of nitrogens with zero attached hydrogens (tertiary/aromatic N) is 2. The van der Waals surface area contributed by atoms with Gasteiger partial charge < -0.3 is 25.4 Å². The molecule has 2 heterocycles. The van der Waals surface area contributed by atoms with Crippen LogP contribution in [0.1, 0.15) is 27.9 Å². The van der Waals surface area contributed by atoms with Crippen molar-refractivity contribution < 1.29 is 19.1 Å². The third kappa shape index (κ3) is 7.89. The highest BCUT2D eigenvalue weighted by molar-refractivity contribution is 6.04. The first-order chi connectivity index (χ1) is 20.6. The van der Waals surface area contributed by atoms with Crippen LogP contribution >= 0.6 is 0 Å². The Morgan fingerprint density at radius 3 is 2.83 bits per heavy atom. The molecule has 6 bridgehead atoms. The Hall–Kier alpha value is -5.28. The van der Waals surface area contributed by atoms with E-state index in [9.17, 15) is 9.59 Å². The zero-order valence-corrected chi connectivity index (χ0v) is 23.0. The molecule has 0 unspecified atom stereocenters. The Balaban J connectivity index is 1.40. The summed E-state index contributed by atoms with van der Waals surface area (Å²) in [5.74, 6) is 0.618. The number of hydrogen-bond acceptors (Lipinski definition) is 7. The van der Waals surface area contributed by atoms with Gasteiger partial charge >= 0.3 is 0 Å². The topological polar surface area (TPSA) is 114 Å². The van der Waals surface area contributed by atoms with Gasteiger partial charge in [0.25, 0.3) is 5.91 Å². The molecule has 9 heteroatoms. The normalized spacial score (nSPS) is 13.7. The predicted molar refractivity (Wildman–Crippen MR) is 163 cm³/mol. The maximum atomic E-state index is 13.2. The summed E-state index contributed by atoms with van der Waals surface area (Å²) in [6, 6.07) is 22.4. The van der Waals surface area contributed by atoms with Gasteiger partial charge in [0.05, 0.1) is 25.5 Å². The van der Waals surface area contributed by atoms with E-state index in [4.69, 9.17) is 14.5 Å². The molecule has 42 heavy (non-hydrogen) atoms. The van der Waals surface area contributed by atoms with Gasteiger partial charge in [-0.05, 0) is 72.2 Å². The molecule has 0 aliphatic carbocycles. The number of aromatic nitrogens is 2. The Morgan fingerprint density at radius 1 is 1.02 bits per heavy atom. The second-order valence-electron chi connectivity index (χ2n) is 9.54. The molecule has 3 aromatic carbocycles. The van der Waals surface area contributed by atoms with Gasteiger partial charge in [-0.3, -0.25) is 9.59 Å². The fourth-order valence-corrected chi connectivity index (χ4v) is 4.34. The average molecular weight is 562 g/mol. The van der Waals surface area contributed by atoms with E-state index >= 15 is 0 Å². The molecule has 1 aromatic heterocycles. The van der Waals surface area contributed by atoms with Crippen molar-refractivity contribution in [2.24, 2.45) is 0 Å². The van der Waals surface area contributed by atoms with Crippen molar-refractivity contribution in [2.45, 2.75) is 19.6 Å². The average Bonchev–Trinajstić information content (AvgIpc) is 3.01. The zero-order chi connectivity index (χ0) is 29.1. The largest absolute Gasteiger partial charge is 0.493 e. The van der Waals surface area contributed by atoms with Crippen LogP contribution in [-0.4, -0.2) is 35.0 Å². The third-order valence-electron chi connectivity index (χ3n) is 6.34. The quantitative estimate of drug-likeness (QED) is 0.209. The number of rotatable bonds is 5. The molecule has 5 rings (SSSR count). The molecular formula is C33H31N5O4. The van der Waals surface area contributed by atoms with Crippen LogP contribution in [0, 0.1) is 0 Å². The summed E-state index contributed by atoms with van der Waals surface area (Å²) < 4.78 is 11.8. The first-order valence-electron chi connectivity index (χ1n) is 13.6. The number of ether oxygens (including phenoxy) is 2. The van der Waals surface area contributed by atoms with Crippen LogP contribution in [0.4, 0.5) is 17.3 Å². The highest BCUT2D eigenvalue weighted by atomic mass is 16.5. The lowest BCUT2D eigenvalue weighted by molar-refractivity contribution is -0.116. The number of hydrogen-bond donors (Lipinski definition) is 3. The van der Waals surface area contributed by atoms with Crippen molar-refractivity contribution >= 4 is 29.1 Å². The predicted octanol–water partition coefficient (Wildman–Crippen LogP) is 5.80. The van der Waals surface area contributed by atoms with Crippen molar-refractivity contribution in [1.29, 1.82) is 0 Å². The van der Waals surface area contributed by atoms with E-state index in [1.54, 1.807) is 24.4 Å². The van der Waals surface area contributed by atoms with Crippen LogP contribution in [0.3, 0.4) is 0 Å². The minimum Gasteiger partial charge on any atom is -0.493 e. The van der Waals surface area contributed by atoms with E-state index in [0.29, 0.717) is 42.7 Å². The smallest absolute Gasteiger partial charge is 0.255 e. The summed E-state index contributed by atoms with van der Waals surface area (Å²) in [5, 5.41) is 8.97. The highest BCUT2D eigenvalue weighted by Gasteiger charge is 2.11. The number of carbonyl (C=O) groups is 2. The molecule has 0 saturated heterocycles. The van der Waals surface area contributed by atoms with E-state index in [-0.39, 0.29) is 18.4 Å². The summed E-state index contributed by atoms with van der Waals surface area (Å²) in [6.07, 6.45) is 7.66. The molecule has 9 nitrogen and oxygen atoms in total. The molecule has 0 spiro atoms. The van der Waals surface area contributed by atoms with E-state index < -0.39 is 0 Å². The van der Waals surface area contributed by atoms with Crippen LogP contribution in [0.25, 0.3) is 11.3 Å². The Kier molecular flexibility index (Phi) is 9.33. The van der Waals surface area contributed by atoms with Gasteiger partial charge in [0.2, 0.25) is 11.9 Å². The van der Waals surface area contributed by atoms with Crippen molar-refractivity contribution in [1.82, 2.24) is 15.3 Å². The van der Waals surface area contributed by atoms with Crippen LogP contribution in [0.15, 0.2) is 104 Å². The minimum absolute atomic E-state index is 0.278. The molecular weight excluding hydrogens is 530 g/mol. The molecule has 2 amide bonds. The minimum atomic E-state index is -0.284. The monoisotopic (exact) mass is 561 g/mol. The van der Waals surface area contributed by atoms with Gasteiger partial charge in [0, 0.05) is 35.2 Å². The van der Waals surface area contributed by atoms with Crippen molar-refractivity contribution in [3.05, 3.63) is 120 Å². The van der Waals surface area contributed by atoms with E-state index in [1.165, 1.54) is 6.08 Å². The number of benzene rings is 3. The fraction of sp³-hybridized carbons (Fsp3) is 0.152. The number of fused-ring (bicyclic) bond motifs is 7. The van der Waals surface area contributed by atoms with Crippen molar-refractivity contribution in [3.8, 4) is 17.0 Å². The maximum absolute atomic E-state index is 13.2. The molecule has 0 saturated carbocycles. The number of amides is 2. The van der Waals surface area contributed by atoms with Gasteiger partial charge in [0.15, 0.2) is 0 Å². The van der Waals surface area contributed by atoms with Crippen LogP contribution < -0.4 is 20.7 Å². The van der Waals surface area contributed by atoms with E-state index in [0.717, 1.165) is 34.6 Å². The molecule has 0 fully saturated rings. The second-order valence-corrected chi connectivity index (χ2v) is 9.54. The van der Waals surface area contributed by atoms with Crippen LogP contribution in [0.5, 0.6) is 5.75 Å². The Bertz CT molecular complexity index is 1620. The SMILES string of the molecule is C=CC(=O)NCc1cccc(C(=O)Nc2cc3cc(c2)Nc2nccc(n2)-c2cccc(c2)OCC/C=C/COC3)c1. The van der Waals surface area contributed by atoms with Gasteiger partial charge in [-0.2, -0.15) is 0 Å². The third-order valence-corrected chi connectivity index (χ3v) is 6.34.